The quantitative estimate of drug-likeness (QED) is 0.615. The molecule has 158 valence electrons. The van der Waals surface area contributed by atoms with Gasteiger partial charge in [0.2, 0.25) is 0 Å². The van der Waals surface area contributed by atoms with E-state index in [2.05, 4.69) is 0 Å². The molecule has 1 amide bonds. The van der Waals surface area contributed by atoms with E-state index in [0.717, 1.165) is 5.56 Å². The molecule has 1 atom stereocenters. The van der Waals surface area contributed by atoms with Gasteiger partial charge in [0.1, 0.15) is 17.1 Å². The molecule has 0 saturated carbocycles. The highest BCUT2D eigenvalue weighted by Crippen LogP contribution is 2.30. The Morgan fingerprint density at radius 1 is 1.23 bits per heavy atom. The lowest BCUT2D eigenvalue weighted by molar-refractivity contribution is 0.0649. The van der Waals surface area contributed by atoms with Gasteiger partial charge in [-0.1, -0.05) is 12.1 Å². The Balaban J connectivity index is 1.71. The van der Waals surface area contributed by atoms with Crippen LogP contribution in [0, 0.1) is 12.7 Å². The van der Waals surface area contributed by atoms with E-state index in [0.29, 0.717) is 28.7 Å². The topological polar surface area (TPSA) is 76.8 Å². The van der Waals surface area contributed by atoms with Crippen LogP contribution in [0.3, 0.4) is 0 Å². The first-order valence-corrected chi connectivity index (χ1v) is 11.4. The minimum atomic E-state index is -3.19. The second-order valence-corrected chi connectivity index (χ2v) is 9.76. The fraction of sp³-hybridized carbons (Fsp3) is 0.318. The summed E-state index contributed by atoms with van der Waals surface area (Å²) < 4.78 is 48.7. The number of hydrogen-bond donors (Lipinski definition) is 0. The third kappa shape index (κ3) is 3.92. The molecule has 0 N–H and O–H groups in total. The van der Waals surface area contributed by atoms with Crippen molar-refractivity contribution >= 4 is 26.7 Å². The lowest BCUT2D eigenvalue weighted by Gasteiger charge is -2.28. The second-order valence-electron chi connectivity index (χ2n) is 7.53. The van der Waals surface area contributed by atoms with Crippen LogP contribution in [-0.2, 0) is 16.4 Å². The number of methoxy groups -OCH3 is 1. The molecule has 0 bridgehead atoms. The van der Waals surface area contributed by atoms with Crippen LogP contribution in [0.25, 0.3) is 11.0 Å². The van der Waals surface area contributed by atoms with Gasteiger partial charge in [0, 0.05) is 23.5 Å². The molecule has 1 aromatic heterocycles. The van der Waals surface area contributed by atoms with Gasteiger partial charge in [0.25, 0.3) is 5.91 Å². The molecule has 8 heteroatoms. The van der Waals surface area contributed by atoms with Crippen LogP contribution in [0.15, 0.2) is 46.9 Å². The molecule has 6 nitrogen and oxygen atoms in total. The maximum Gasteiger partial charge on any atom is 0.290 e. The van der Waals surface area contributed by atoms with Crippen LogP contribution in [0.4, 0.5) is 4.39 Å². The number of aryl methyl sites for hydroxylation is 1. The molecule has 0 spiro atoms. The van der Waals surface area contributed by atoms with Crippen LogP contribution >= 0.6 is 0 Å². The Kier molecular flexibility index (Phi) is 5.27. The van der Waals surface area contributed by atoms with Crippen molar-refractivity contribution in [1.29, 1.82) is 0 Å². The van der Waals surface area contributed by atoms with E-state index >= 15 is 0 Å². The van der Waals surface area contributed by atoms with E-state index in [-0.39, 0.29) is 23.8 Å². The monoisotopic (exact) mass is 431 g/mol. The predicted molar refractivity (Wildman–Crippen MR) is 111 cm³/mol. The number of amides is 1. The summed E-state index contributed by atoms with van der Waals surface area (Å²) in [5, 5.41) is 0.529. The van der Waals surface area contributed by atoms with Crippen molar-refractivity contribution in [2.45, 2.75) is 25.9 Å². The summed E-state index contributed by atoms with van der Waals surface area (Å²) in [7, 11) is -1.62. The zero-order valence-electron chi connectivity index (χ0n) is 16.7. The van der Waals surface area contributed by atoms with Crippen LogP contribution in [-0.4, -0.2) is 43.9 Å². The van der Waals surface area contributed by atoms with Gasteiger partial charge < -0.3 is 14.1 Å². The second kappa shape index (κ2) is 7.75. The predicted octanol–water partition coefficient (Wildman–Crippen LogP) is 3.72. The van der Waals surface area contributed by atoms with E-state index in [1.807, 2.05) is 12.1 Å². The average molecular weight is 431 g/mol. The van der Waals surface area contributed by atoms with Crippen molar-refractivity contribution < 1.29 is 26.8 Å². The van der Waals surface area contributed by atoms with Crippen LogP contribution in [0.5, 0.6) is 5.75 Å². The average Bonchev–Trinajstić information content (AvgIpc) is 3.25. The fourth-order valence-corrected chi connectivity index (χ4v) is 5.57. The lowest BCUT2D eigenvalue weighted by atomic mass is 10.1. The van der Waals surface area contributed by atoms with Crippen LogP contribution in [0.2, 0.25) is 0 Å². The molecule has 4 rings (SSSR count). The number of hydrogen-bond acceptors (Lipinski definition) is 5. The first kappa shape index (κ1) is 20.4. The van der Waals surface area contributed by atoms with Gasteiger partial charge in [-0.05, 0) is 49.2 Å². The Hall–Kier alpha value is -2.87. The molecule has 0 aliphatic carbocycles. The smallest absolute Gasteiger partial charge is 0.290 e. The molecule has 1 saturated heterocycles. The molecule has 3 aromatic rings. The van der Waals surface area contributed by atoms with Crippen molar-refractivity contribution in [2.75, 3.05) is 18.6 Å². The molecule has 0 radical (unpaired) electrons. The number of fused-ring (bicyclic) bond motifs is 1. The molecular formula is C22H22FNO5S. The number of carbonyl (C=O) groups is 1. The number of halogens is 1. The Labute approximate surface area is 174 Å². The molecule has 1 aliphatic heterocycles. The Morgan fingerprint density at radius 3 is 2.60 bits per heavy atom. The molecule has 0 unspecified atom stereocenters. The number of benzene rings is 2. The van der Waals surface area contributed by atoms with Gasteiger partial charge in [-0.25, -0.2) is 12.8 Å². The SMILES string of the molecule is COc1ccc(CN(C(=O)c2oc3ccc(F)cc3c2C)[C@H]2CCS(=O)(=O)C2)cc1. The van der Waals surface area contributed by atoms with Gasteiger partial charge in [-0.2, -0.15) is 0 Å². The molecule has 1 fully saturated rings. The molecule has 1 aliphatic rings. The highest BCUT2D eigenvalue weighted by Gasteiger charge is 2.36. The summed E-state index contributed by atoms with van der Waals surface area (Å²) in [6.45, 7) is 1.93. The minimum absolute atomic E-state index is 0.0500. The fourth-order valence-electron chi connectivity index (χ4n) is 3.84. The summed E-state index contributed by atoms with van der Waals surface area (Å²) in [6, 6.07) is 10.9. The van der Waals surface area contributed by atoms with Crippen molar-refractivity contribution in [2.24, 2.45) is 0 Å². The van der Waals surface area contributed by atoms with Crippen LogP contribution in [0.1, 0.15) is 28.1 Å². The van der Waals surface area contributed by atoms with E-state index in [1.165, 1.54) is 18.2 Å². The minimum Gasteiger partial charge on any atom is -0.497 e. The van der Waals surface area contributed by atoms with Gasteiger partial charge in [-0.15, -0.1) is 0 Å². The van der Waals surface area contributed by atoms with Gasteiger partial charge in [0.05, 0.1) is 18.6 Å². The largest absolute Gasteiger partial charge is 0.497 e. The van der Waals surface area contributed by atoms with Gasteiger partial charge in [0.15, 0.2) is 15.6 Å². The maximum absolute atomic E-state index is 13.7. The number of nitrogens with zero attached hydrogens (tertiary/aromatic N) is 1. The lowest BCUT2D eigenvalue weighted by Crippen LogP contribution is -2.40. The summed E-state index contributed by atoms with van der Waals surface area (Å²) in [4.78, 5) is 15.0. The van der Waals surface area contributed by atoms with E-state index in [4.69, 9.17) is 9.15 Å². The highest BCUT2D eigenvalue weighted by molar-refractivity contribution is 7.91. The van der Waals surface area contributed by atoms with Crippen LogP contribution < -0.4 is 4.74 Å². The molecule has 2 aromatic carbocycles. The number of sulfone groups is 1. The Morgan fingerprint density at radius 2 is 1.97 bits per heavy atom. The molecule has 30 heavy (non-hydrogen) atoms. The third-order valence-corrected chi connectivity index (χ3v) is 7.26. The standard InChI is InChI=1S/C22H22FNO5S/c1-14-19-11-16(23)5-8-20(19)29-21(14)22(25)24(17-9-10-30(26,27)13-17)12-15-3-6-18(28-2)7-4-15/h3-8,11,17H,9-10,12-13H2,1-2H3/t17-/m0/s1. The number of carbonyl (C=O) groups excluding carboxylic acids is 1. The summed E-state index contributed by atoms with van der Waals surface area (Å²) in [5.41, 5.74) is 1.80. The third-order valence-electron chi connectivity index (χ3n) is 5.51. The van der Waals surface area contributed by atoms with Gasteiger partial charge >= 0.3 is 0 Å². The van der Waals surface area contributed by atoms with Crippen molar-refractivity contribution in [3.05, 3.63) is 65.2 Å². The summed E-state index contributed by atoms with van der Waals surface area (Å²) >= 11 is 0. The summed E-state index contributed by atoms with van der Waals surface area (Å²) in [6.07, 6.45) is 0.373. The highest BCUT2D eigenvalue weighted by atomic mass is 32.2. The zero-order chi connectivity index (χ0) is 21.5. The normalized spacial score (nSPS) is 17.9. The number of ether oxygens (including phenoxy) is 1. The number of rotatable bonds is 5. The van der Waals surface area contributed by atoms with Crippen molar-refractivity contribution in [1.82, 2.24) is 4.90 Å². The van der Waals surface area contributed by atoms with E-state index in [1.54, 1.807) is 31.1 Å². The molecular weight excluding hydrogens is 409 g/mol. The van der Waals surface area contributed by atoms with E-state index in [9.17, 15) is 17.6 Å². The van der Waals surface area contributed by atoms with E-state index < -0.39 is 27.6 Å². The zero-order valence-corrected chi connectivity index (χ0v) is 17.5. The summed E-state index contributed by atoms with van der Waals surface area (Å²) in [5.74, 6) is -0.0509. The first-order chi connectivity index (χ1) is 14.3. The molecule has 2 heterocycles. The first-order valence-electron chi connectivity index (χ1n) is 9.60. The van der Waals surface area contributed by atoms with Crippen molar-refractivity contribution in [3.8, 4) is 5.75 Å². The van der Waals surface area contributed by atoms with Crippen molar-refractivity contribution in [3.63, 3.8) is 0 Å². The Bertz CT molecular complexity index is 1200. The number of furan rings is 1. The maximum atomic E-state index is 13.7. The van der Waals surface area contributed by atoms with Gasteiger partial charge in [-0.3, -0.25) is 4.79 Å².